The van der Waals surface area contributed by atoms with Crippen LogP contribution in [0.25, 0.3) is 0 Å². The second-order valence-electron chi connectivity index (χ2n) is 5.51. The van der Waals surface area contributed by atoms with Crippen LogP contribution in [0.5, 0.6) is 5.75 Å². The van der Waals surface area contributed by atoms with E-state index in [4.69, 9.17) is 10.5 Å². The number of hydrogen-bond acceptors (Lipinski definition) is 3. The molecule has 0 spiro atoms. The van der Waals surface area contributed by atoms with Crippen molar-refractivity contribution in [3.63, 3.8) is 0 Å². The molecule has 1 saturated heterocycles. The summed E-state index contributed by atoms with van der Waals surface area (Å²) in [6, 6.07) is 8.93. The number of piperidine rings is 1. The minimum absolute atomic E-state index is 0.358. The first-order chi connectivity index (χ1) is 9.26. The van der Waals surface area contributed by atoms with Gasteiger partial charge >= 0.3 is 0 Å². The average molecular weight is 262 g/mol. The van der Waals surface area contributed by atoms with Gasteiger partial charge in [-0.15, -0.1) is 0 Å². The minimum Gasteiger partial charge on any atom is -0.496 e. The second kappa shape index (κ2) is 6.92. The number of nitrogens with zero attached hydrogens (tertiary/aromatic N) is 1. The monoisotopic (exact) mass is 262 g/mol. The van der Waals surface area contributed by atoms with Gasteiger partial charge in [0.05, 0.1) is 7.11 Å². The van der Waals surface area contributed by atoms with Gasteiger partial charge in [0.15, 0.2) is 0 Å². The molecule has 2 N–H and O–H groups in total. The van der Waals surface area contributed by atoms with E-state index in [0.717, 1.165) is 12.3 Å². The van der Waals surface area contributed by atoms with E-state index in [1.165, 1.54) is 31.4 Å². The first-order valence-electron chi connectivity index (χ1n) is 7.33. The number of para-hydroxylation sites is 1. The number of likely N-dealkylation sites (tertiary alicyclic amines) is 1. The molecule has 2 rings (SSSR count). The molecule has 1 aliphatic rings. The Morgan fingerprint density at radius 3 is 2.84 bits per heavy atom. The SMILES string of the molecule is COc1ccccc1C(CN)CN1CCCCC1C. The molecule has 1 fully saturated rings. The van der Waals surface area contributed by atoms with Crippen LogP contribution < -0.4 is 10.5 Å². The molecule has 19 heavy (non-hydrogen) atoms. The lowest BCUT2D eigenvalue weighted by Gasteiger charge is -2.36. The Hall–Kier alpha value is -1.06. The molecule has 2 atom stereocenters. The predicted octanol–water partition coefficient (Wildman–Crippen LogP) is 2.61. The minimum atomic E-state index is 0.358. The molecule has 0 aromatic heterocycles. The summed E-state index contributed by atoms with van der Waals surface area (Å²) < 4.78 is 5.47. The zero-order chi connectivity index (χ0) is 13.7. The van der Waals surface area contributed by atoms with E-state index >= 15 is 0 Å². The molecular weight excluding hydrogens is 236 g/mol. The molecule has 1 aromatic carbocycles. The zero-order valence-corrected chi connectivity index (χ0v) is 12.1. The average Bonchev–Trinajstić information content (AvgIpc) is 2.46. The second-order valence-corrected chi connectivity index (χ2v) is 5.51. The van der Waals surface area contributed by atoms with Gasteiger partial charge in [0.25, 0.3) is 0 Å². The van der Waals surface area contributed by atoms with Crippen molar-refractivity contribution in [3.05, 3.63) is 29.8 Å². The lowest BCUT2D eigenvalue weighted by Crippen LogP contribution is -2.41. The fourth-order valence-corrected chi connectivity index (χ4v) is 3.02. The van der Waals surface area contributed by atoms with Gasteiger partial charge in [-0.05, 0) is 37.9 Å². The van der Waals surface area contributed by atoms with Crippen LogP contribution in [0.1, 0.15) is 37.7 Å². The van der Waals surface area contributed by atoms with E-state index in [0.29, 0.717) is 18.5 Å². The lowest BCUT2D eigenvalue weighted by molar-refractivity contribution is 0.151. The van der Waals surface area contributed by atoms with E-state index in [9.17, 15) is 0 Å². The molecule has 3 nitrogen and oxygen atoms in total. The van der Waals surface area contributed by atoms with Crippen molar-refractivity contribution in [2.45, 2.75) is 38.1 Å². The number of nitrogens with two attached hydrogens (primary N) is 1. The van der Waals surface area contributed by atoms with Crippen molar-refractivity contribution in [2.24, 2.45) is 5.73 Å². The molecule has 2 unspecified atom stereocenters. The number of hydrogen-bond donors (Lipinski definition) is 1. The summed E-state index contributed by atoms with van der Waals surface area (Å²) in [6.45, 7) is 5.24. The van der Waals surface area contributed by atoms with E-state index in [-0.39, 0.29) is 0 Å². The Morgan fingerprint density at radius 1 is 1.37 bits per heavy atom. The molecule has 1 aromatic rings. The standard InChI is InChI=1S/C16H26N2O/c1-13-7-5-6-10-18(13)12-14(11-17)15-8-3-4-9-16(15)19-2/h3-4,8-9,13-14H,5-7,10-12,17H2,1-2H3. The molecule has 0 aliphatic carbocycles. The van der Waals surface area contributed by atoms with Crippen molar-refractivity contribution < 1.29 is 4.74 Å². The molecule has 0 amide bonds. The van der Waals surface area contributed by atoms with E-state index in [1.807, 2.05) is 12.1 Å². The van der Waals surface area contributed by atoms with E-state index in [1.54, 1.807) is 7.11 Å². The summed E-state index contributed by atoms with van der Waals surface area (Å²) in [7, 11) is 1.73. The number of ether oxygens (including phenoxy) is 1. The van der Waals surface area contributed by atoms with Crippen LogP contribution in [0, 0.1) is 0 Å². The van der Waals surface area contributed by atoms with Crippen LogP contribution >= 0.6 is 0 Å². The topological polar surface area (TPSA) is 38.5 Å². The molecular formula is C16H26N2O. The van der Waals surface area contributed by atoms with Crippen molar-refractivity contribution in [2.75, 3.05) is 26.7 Å². The Labute approximate surface area is 116 Å². The summed E-state index contributed by atoms with van der Waals surface area (Å²) in [6.07, 6.45) is 3.98. The maximum absolute atomic E-state index is 6.01. The predicted molar refractivity (Wildman–Crippen MR) is 79.7 cm³/mol. The number of methoxy groups -OCH3 is 1. The highest BCUT2D eigenvalue weighted by Gasteiger charge is 2.23. The molecule has 0 radical (unpaired) electrons. The van der Waals surface area contributed by atoms with Crippen LogP contribution in [0.2, 0.25) is 0 Å². The van der Waals surface area contributed by atoms with Crippen LogP contribution in [0.15, 0.2) is 24.3 Å². The quantitative estimate of drug-likeness (QED) is 0.886. The van der Waals surface area contributed by atoms with Gasteiger partial charge in [-0.25, -0.2) is 0 Å². The normalized spacial score (nSPS) is 22.2. The van der Waals surface area contributed by atoms with Gasteiger partial charge in [-0.2, -0.15) is 0 Å². The molecule has 106 valence electrons. The molecule has 0 bridgehead atoms. The number of rotatable bonds is 5. The molecule has 0 saturated carbocycles. The van der Waals surface area contributed by atoms with Crippen LogP contribution in [-0.2, 0) is 0 Å². The smallest absolute Gasteiger partial charge is 0.122 e. The van der Waals surface area contributed by atoms with E-state index in [2.05, 4.69) is 24.0 Å². The largest absolute Gasteiger partial charge is 0.496 e. The van der Waals surface area contributed by atoms with E-state index < -0.39 is 0 Å². The Bertz CT molecular complexity index is 394. The van der Waals surface area contributed by atoms with Crippen LogP contribution in [0.3, 0.4) is 0 Å². The maximum atomic E-state index is 6.01. The Morgan fingerprint density at radius 2 is 2.16 bits per heavy atom. The van der Waals surface area contributed by atoms with Gasteiger partial charge in [0.2, 0.25) is 0 Å². The zero-order valence-electron chi connectivity index (χ0n) is 12.1. The summed E-state index contributed by atoms with van der Waals surface area (Å²) in [5, 5.41) is 0. The highest BCUT2D eigenvalue weighted by atomic mass is 16.5. The molecule has 1 heterocycles. The van der Waals surface area contributed by atoms with Gasteiger partial charge in [0.1, 0.15) is 5.75 Å². The van der Waals surface area contributed by atoms with Crippen LogP contribution in [-0.4, -0.2) is 37.7 Å². The summed E-state index contributed by atoms with van der Waals surface area (Å²) >= 11 is 0. The third-order valence-electron chi connectivity index (χ3n) is 4.26. The molecule has 1 aliphatic heterocycles. The highest BCUT2D eigenvalue weighted by Crippen LogP contribution is 2.28. The number of benzene rings is 1. The van der Waals surface area contributed by atoms with Crippen molar-refractivity contribution in [1.29, 1.82) is 0 Å². The van der Waals surface area contributed by atoms with Gasteiger partial charge in [0, 0.05) is 25.0 Å². The van der Waals surface area contributed by atoms with Gasteiger partial charge in [-0.1, -0.05) is 24.6 Å². The summed E-state index contributed by atoms with van der Waals surface area (Å²) in [5.41, 5.74) is 7.25. The van der Waals surface area contributed by atoms with Crippen LogP contribution in [0.4, 0.5) is 0 Å². The fourth-order valence-electron chi connectivity index (χ4n) is 3.02. The first kappa shape index (κ1) is 14.4. The van der Waals surface area contributed by atoms with Crippen molar-refractivity contribution in [1.82, 2.24) is 4.90 Å². The maximum Gasteiger partial charge on any atom is 0.122 e. The van der Waals surface area contributed by atoms with Gasteiger partial charge in [-0.3, -0.25) is 0 Å². The fraction of sp³-hybridized carbons (Fsp3) is 0.625. The highest BCUT2D eigenvalue weighted by molar-refractivity contribution is 5.36. The molecule has 3 heteroatoms. The summed E-state index contributed by atoms with van der Waals surface area (Å²) in [5.74, 6) is 1.32. The van der Waals surface area contributed by atoms with Gasteiger partial charge < -0.3 is 15.4 Å². The Kier molecular flexibility index (Phi) is 5.23. The van der Waals surface area contributed by atoms with Crippen molar-refractivity contribution >= 4 is 0 Å². The third kappa shape index (κ3) is 3.48. The summed E-state index contributed by atoms with van der Waals surface area (Å²) in [4.78, 5) is 2.58. The third-order valence-corrected chi connectivity index (χ3v) is 4.26. The first-order valence-corrected chi connectivity index (χ1v) is 7.33. The lowest BCUT2D eigenvalue weighted by atomic mass is 9.95. The van der Waals surface area contributed by atoms with Crippen molar-refractivity contribution in [3.8, 4) is 5.75 Å². The Balaban J connectivity index is 2.10.